The van der Waals surface area contributed by atoms with Crippen molar-refractivity contribution in [3.8, 4) is 0 Å². The summed E-state index contributed by atoms with van der Waals surface area (Å²) in [5, 5.41) is 0. The smallest absolute Gasteiger partial charge is 0.231 e. The van der Waals surface area contributed by atoms with Crippen molar-refractivity contribution in [3.63, 3.8) is 0 Å². The van der Waals surface area contributed by atoms with Gasteiger partial charge in [0.25, 0.3) is 0 Å². The first-order valence-corrected chi connectivity index (χ1v) is 4.35. The molecule has 1 nitrogen and oxygen atoms in total. The normalized spacial score (nSPS) is 9.73. The van der Waals surface area contributed by atoms with E-state index in [0.29, 0.717) is 4.47 Å². The molecule has 0 radical (unpaired) electrons. The number of hydrogen-bond acceptors (Lipinski definition) is 1. The van der Waals surface area contributed by atoms with E-state index in [1.807, 2.05) is 0 Å². The van der Waals surface area contributed by atoms with Crippen LogP contribution in [0, 0.1) is 5.82 Å². The predicted molar refractivity (Wildman–Crippen MR) is 47.4 cm³/mol. The molecule has 0 unspecified atom stereocenters. The Morgan fingerprint density at radius 1 is 1.45 bits per heavy atom. The quantitative estimate of drug-likeness (QED) is 0.723. The average Bonchev–Trinajstić information content (AvgIpc) is 1.94. The maximum atomic E-state index is 13.0. The van der Waals surface area contributed by atoms with E-state index in [2.05, 4.69) is 31.9 Å². The highest BCUT2D eigenvalue weighted by Crippen LogP contribution is 2.19. The Balaban J connectivity index is 3.27. The molecule has 0 aliphatic carbocycles. The van der Waals surface area contributed by atoms with E-state index in [1.165, 1.54) is 12.1 Å². The first kappa shape index (κ1) is 8.87. The Morgan fingerprint density at radius 3 is 2.55 bits per heavy atom. The fraction of sp³-hybridized carbons (Fsp3) is 0. The van der Waals surface area contributed by atoms with E-state index >= 15 is 0 Å². The standard InChI is InChI=1S/C7H3Br2FO/c8-5-3-1-2-4(6(5)10)7(9)11/h1-3H. The van der Waals surface area contributed by atoms with Gasteiger partial charge in [-0.25, -0.2) is 4.39 Å². The topological polar surface area (TPSA) is 17.1 Å². The molecule has 0 amide bonds. The Morgan fingerprint density at radius 2 is 2.09 bits per heavy atom. The van der Waals surface area contributed by atoms with Crippen LogP contribution in [-0.2, 0) is 0 Å². The van der Waals surface area contributed by atoms with Gasteiger partial charge in [-0.2, -0.15) is 0 Å². The summed E-state index contributed by atoms with van der Waals surface area (Å²) < 4.78 is 12.8. The van der Waals surface area contributed by atoms with Crippen molar-refractivity contribution in [2.45, 2.75) is 0 Å². The lowest BCUT2D eigenvalue weighted by atomic mass is 10.2. The summed E-state index contributed by atoms with van der Waals surface area (Å²) in [5.74, 6) is -0.533. The molecule has 1 aromatic carbocycles. The van der Waals surface area contributed by atoms with Gasteiger partial charge in [-0.1, -0.05) is 6.07 Å². The van der Waals surface area contributed by atoms with Gasteiger partial charge in [0.15, 0.2) is 0 Å². The van der Waals surface area contributed by atoms with Gasteiger partial charge in [-0.3, -0.25) is 4.79 Å². The molecular formula is C7H3Br2FO. The molecule has 0 spiro atoms. The van der Waals surface area contributed by atoms with E-state index in [4.69, 9.17) is 0 Å². The summed E-state index contributed by atoms with van der Waals surface area (Å²) in [7, 11) is 0. The zero-order chi connectivity index (χ0) is 8.43. The molecule has 0 aliphatic heterocycles. The number of carbonyl (C=O) groups is 1. The lowest BCUT2D eigenvalue weighted by Crippen LogP contribution is -1.93. The molecule has 0 N–H and O–H groups in total. The van der Waals surface area contributed by atoms with Crippen LogP contribution in [0.5, 0.6) is 0 Å². The van der Waals surface area contributed by atoms with Crippen LogP contribution in [0.4, 0.5) is 4.39 Å². The number of benzene rings is 1. The van der Waals surface area contributed by atoms with E-state index in [1.54, 1.807) is 6.07 Å². The molecule has 1 aromatic rings. The Bertz CT molecular complexity index is 298. The van der Waals surface area contributed by atoms with Crippen LogP contribution in [0.2, 0.25) is 0 Å². The predicted octanol–water partition coefficient (Wildman–Crippen LogP) is 3.12. The van der Waals surface area contributed by atoms with Gasteiger partial charge >= 0.3 is 0 Å². The molecule has 0 aromatic heterocycles. The van der Waals surface area contributed by atoms with Crippen molar-refractivity contribution < 1.29 is 9.18 Å². The lowest BCUT2D eigenvalue weighted by Gasteiger charge is -1.97. The summed E-state index contributed by atoms with van der Waals surface area (Å²) in [5.41, 5.74) is 0.0411. The third kappa shape index (κ3) is 1.87. The van der Waals surface area contributed by atoms with Gasteiger partial charge in [0, 0.05) is 0 Å². The van der Waals surface area contributed by atoms with Crippen molar-refractivity contribution in [3.05, 3.63) is 34.1 Å². The zero-order valence-corrected chi connectivity index (χ0v) is 8.45. The maximum absolute atomic E-state index is 13.0. The second kappa shape index (κ2) is 3.45. The molecule has 0 fully saturated rings. The second-order valence-electron chi connectivity index (χ2n) is 1.88. The van der Waals surface area contributed by atoms with Crippen LogP contribution in [0.15, 0.2) is 22.7 Å². The summed E-state index contributed by atoms with van der Waals surface area (Å²) >= 11 is 5.63. The Labute approximate surface area is 79.9 Å². The Hall–Kier alpha value is -0.220. The minimum atomic E-state index is -0.533. The fourth-order valence-electron chi connectivity index (χ4n) is 0.656. The first-order valence-electron chi connectivity index (χ1n) is 2.77. The molecule has 0 bridgehead atoms. The van der Waals surface area contributed by atoms with Gasteiger partial charge in [0.1, 0.15) is 5.82 Å². The lowest BCUT2D eigenvalue weighted by molar-refractivity contribution is 0.109. The van der Waals surface area contributed by atoms with Crippen LogP contribution in [0.1, 0.15) is 10.4 Å². The molecule has 0 saturated heterocycles. The SMILES string of the molecule is O=C(Br)c1cccc(Br)c1F. The van der Waals surface area contributed by atoms with E-state index in [9.17, 15) is 9.18 Å². The van der Waals surface area contributed by atoms with Crippen LogP contribution in [0.3, 0.4) is 0 Å². The molecule has 11 heavy (non-hydrogen) atoms. The molecule has 0 aliphatic rings. The number of rotatable bonds is 1. The number of carbonyl (C=O) groups excluding carboxylic acids is 1. The molecule has 0 atom stereocenters. The van der Waals surface area contributed by atoms with Crippen molar-refractivity contribution in [1.29, 1.82) is 0 Å². The van der Waals surface area contributed by atoms with Crippen molar-refractivity contribution >= 4 is 36.6 Å². The fourth-order valence-corrected chi connectivity index (χ4v) is 1.33. The molecule has 0 heterocycles. The first-order chi connectivity index (χ1) is 5.13. The highest BCUT2D eigenvalue weighted by Gasteiger charge is 2.09. The third-order valence-electron chi connectivity index (χ3n) is 1.16. The van der Waals surface area contributed by atoms with Gasteiger partial charge in [0.2, 0.25) is 4.69 Å². The van der Waals surface area contributed by atoms with Gasteiger partial charge in [-0.05, 0) is 44.0 Å². The van der Waals surface area contributed by atoms with Crippen LogP contribution in [0.25, 0.3) is 0 Å². The monoisotopic (exact) mass is 280 g/mol. The minimum Gasteiger partial charge on any atom is -0.281 e. The number of halogens is 3. The molecular weight excluding hydrogens is 279 g/mol. The number of hydrogen-bond donors (Lipinski definition) is 0. The molecule has 1 rings (SSSR count). The highest BCUT2D eigenvalue weighted by atomic mass is 79.9. The summed E-state index contributed by atoms with van der Waals surface area (Å²) in [6.45, 7) is 0. The van der Waals surface area contributed by atoms with E-state index < -0.39 is 10.5 Å². The minimum absolute atomic E-state index is 0.0411. The average molecular weight is 282 g/mol. The summed E-state index contributed by atoms with van der Waals surface area (Å²) in [6, 6.07) is 4.55. The Kier molecular flexibility index (Phi) is 2.78. The molecule has 0 saturated carbocycles. The van der Waals surface area contributed by atoms with Gasteiger partial charge < -0.3 is 0 Å². The largest absolute Gasteiger partial charge is 0.281 e. The summed E-state index contributed by atoms with van der Waals surface area (Å²) in [4.78, 5) is 10.7. The van der Waals surface area contributed by atoms with Crippen molar-refractivity contribution in [1.82, 2.24) is 0 Å². The van der Waals surface area contributed by atoms with Gasteiger partial charge in [0.05, 0.1) is 10.0 Å². The third-order valence-corrected chi connectivity index (χ3v) is 2.20. The van der Waals surface area contributed by atoms with E-state index in [0.717, 1.165) is 0 Å². The highest BCUT2D eigenvalue weighted by molar-refractivity contribution is 9.18. The maximum Gasteiger partial charge on any atom is 0.231 e. The van der Waals surface area contributed by atoms with Crippen LogP contribution >= 0.6 is 31.9 Å². The second-order valence-corrected chi connectivity index (χ2v) is 3.45. The van der Waals surface area contributed by atoms with Crippen LogP contribution < -0.4 is 0 Å². The van der Waals surface area contributed by atoms with Crippen molar-refractivity contribution in [2.75, 3.05) is 0 Å². The van der Waals surface area contributed by atoms with Crippen LogP contribution in [-0.4, -0.2) is 4.69 Å². The zero-order valence-electron chi connectivity index (χ0n) is 5.27. The van der Waals surface area contributed by atoms with E-state index in [-0.39, 0.29) is 5.56 Å². The molecule has 4 heteroatoms. The van der Waals surface area contributed by atoms with Gasteiger partial charge in [-0.15, -0.1) is 0 Å². The molecule has 58 valence electrons. The van der Waals surface area contributed by atoms with Crippen molar-refractivity contribution in [2.24, 2.45) is 0 Å². The summed E-state index contributed by atoms with van der Waals surface area (Å²) in [6.07, 6.45) is 0.